The van der Waals surface area contributed by atoms with Gasteiger partial charge in [0.15, 0.2) is 0 Å². The smallest absolute Gasteiger partial charge is 0.339 e. The normalized spacial score (nSPS) is 12.0. The number of nitrogens with one attached hydrogen (secondary N) is 1. The molecule has 0 radical (unpaired) electrons. The quantitative estimate of drug-likeness (QED) is 0.244. The van der Waals surface area contributed by atoms with E-state index >= 15 is 0 Å². The van der Waals surface area contributed by atoms with Gasteiger partial charge in [-0.3, -0.25) is 9.79 Å². The Morgan fingerprint density at radius 3 is 2.91 bits per heavy atom. The van der Waals surface area contributed by atoms with Crippen LogP contribution in [0.1, 0.15) is 21.7 Å². The minimum atomic E-state index is -0.430. The van der Waals surface area contributed by atoms with Crippen LogP contribution in [0.3, 0.4) is 0 Å². The second-order valence-corrected chi connectivity index (χ2v) is 7.45. The Morgan fingerprint density at radius 2 is 2.12 bits per heavy atom. The maximum atomic E-state index is 12.5. The summed E-state index contributed by atoms with van der Waals surface area (Å²) < 4.78 is 8.25. The third-order valence-corrected chi connectivity index (χ3v) is 5.08. The summed E-state index contributed by atoms with van der Waals surface area (Å²) in [4.78, 5) is 37.2. The number of esters is 1. The van der Waals surface area contributed by atoms with Gasteiger partial charge in [0.05, 0.1) is 54.6 Å². The van der Waals surface area contributed by atoms with Crippen LogP contribution in [0.25, 0.3) is 11.2 Å². The summed E-state index contributed by atoms with van der Waals surface area (Å²) in [6.45, 7) is 0.430. The van der Waals surface area contributed by atoms with E-state index in [0.717, 1.165) is 5.52 Å². The molecular weight excluding hydrogens is 446 g/mol. The van der Waals surface area contributed by atoms with Crippen molar-refractivity contribution < 1.29 is 14.3 Å². The van der Waals surface area contributed by atoms with Crippen molar-refractivity contribution >= 4 is 40.9 Å². The molecule has 4 aromatic rings. The van der Waals surface area contributed by atoms with E-state index in [1.807, 2.05) is 4.40 Å². The van der Waals surface area contributed by atoms with Gasteiger partial charge in [-0.2, -0.15) is 0 Å². The van der Waals surface area contributed by atoms with E-state index in [-0.39, 0.29) is 24.6 Å². The fourth-order valence-electron chi connectivity index (χ4n) is 3.19. The molecule has 4 rings (SSSR count). The van der Waals surface area contributed by atoms with E-state index in [9.17, 15) is 9.59 Å². The number of carbonyl (C=O) groups excluding carboxylic acids is 2. The van der Waals surface area contributed by atoms with Gasteiger partial charge in [0, 0.05) is 36.0 Å². The monoisotopic (exact) mass is 465 g/mol. The lowest BCUT2D eigenvalue weighted by Crippen LogP contribution is -2.26. The number of nitrogens with two attached hydrogens (primary N) is 1. The molecule has 0 aliphatic heterocycles. The molecule has 4 aromatic heterocycles. The van der Waals surface area contributed by atoms with Gasteiger partial charge in [-0.05, 0) is 24.3 Å². The fraction of sp³-hybridized carbons (Fsp3) is 0.136. The van der Waals surface area contributed by atoms with Crippen molar-refractivity contribution in [1.29, 1.82) is 0 Å². The van der Waals surface area contributed by atoms with Crippen LogP contribution in [0.15, 0.2) is 65.9 Å². The Morgan fingerprint density at radius 1 is 1.27 bits per heavy atom. The molecule has 0 saturated heterocycles. The lowest BCUT2D eigenvalue weighted by Gasteiger charge is -2.04. The molecule has 0 fully saturated rings. The predicted octanol–water partition coefficient (Wildman–Crippen LogP) is 2.15. The molecule has 11 heteroatoms. The van der Waals surface area contributed by atoms with Crippen LogP contribution in [0, 0.1) is 0 Å². The average Bonchev–Trinajstić information content (AvgIpc) is 3.42. The number of nitrogens with zero attached hydrogens (tertiary/aromatic N) is 5. The molecule has 0 atom stereocenters. The minimum absolute atomic E-state index is 0.202. The van der Waals surface area contributed by atoms with Crippen LogP contribution in [-0.4, -0.2) is 44.0 Å². The van der Waals surface area contributed by atoms with E-state index in [1.165, 1.54) is 19.5 Å². The fourth-order valence-corrected chi connectivity index (χ4v) is 3.35. The highest BCUT2D eigenvalue weighted by atomic mass is 35.5. The van der Waals surface area contributed by atoms with Gasteiger partial charge in [0.25, 0.3) is 5.91 Å². The summed E-state index contributed by atoms with van der Waals surface area (Å²) in [5, 5.41) is 3.36. The zero-order valence-electron chi connectivity index (χ0n) is 17.6. The first-order chi connectivity index (χ1) is 16.0. The van der Waals surface area contributed by atoms with Gasteiger partial charge in [-0.25, -0.2) is 14.8 Å². The van der Waals surface area contributed by atoms with Gasteiger partial charge in [0.1, 0.15) is 5.65 Å². The standard InChI is InChI=1S/C22H20ClN7O3/c1-33-22(32)14-2-3-20-28-17(12-30(20)11-14)9-25-8-15(7-24)21(31)26-10-18-19-6-16(23)4-5-29(19)13-27-18/h2-8,11-13H,9-10,24H2,1H3,(H,26,31)/b15-7+,25-8?. The Hall–Kier alpha value is -4.18. The van der Waals surface area contributed by atoms with Crippen LogP contribution >= 0.6 is 11.6 Å². The maximum Gasteiger partial charge on any atom is 0.339 e. The van der Waals surface area contributed by atoms with Gasteiger partial charge in [0.2, 0.25) is 0 Å². The Labute approximate surface area is 193 Å². The van der Waals surface area contributed by atoms with Crippen molar-refractivity contribution in [3.8, 4) is 0 Å². The Bertz CT molecular complexity index is 1400. The summed E-state index contributed by atoms with van der Waals surface area (Å²) in [7, 11) is 1.33. The number of rotatable bonds is 7. The van der Waals surface area contributed by atoms with E-state index in [1.54, 1.807) is 53.6 Å². The second kappa shape index (κ2) is 9.53. The first kappa shape index (κ1) is 22.0. The van der Waals surface area contributed by atoms with Crippen LogP contribution in [0.4, 0.5) is 0 Å². The predicted molar refractivity (Wildman–Crippen MR) is 123 cm³/mol. The number of aromatic nitrogens is 4. The third kappa shape index (κ3) is 4.85. The number of methoxy groups -OCH3 is 1. The number of hydrogen-bond acceptors (Lipinski definition) is 7. The molecule has 10 nitrogen and oxygen atoms in total. The topological polar surface area (TPSA) is 128 Å². The molecule has 3 N–H and O–H groups in total. The van der Waals surface area contributed by atoms with Gasteiger partial charge < -0.3 is 24.6 Å². The highest BCUT2D eigenvalue weighted by Gasteiger charge is 2.11. The maximum absolute atomic E-state index is 12.5. The van der Waals surface area contributed by atoms with E-state index in [4.69, 9.17) is 22.1 Å². The number of fused-ring (bicyclic) bond motifs is 2. The summed E-state index contributed by atoms with van der Waals surface area (Å²) in [6.07, 6.45) is 9.40. The molecule has 0 aromatic carbocycles. The first-order valence-corrected chi connectivity index (χ1v) is 10.2. The SMILES string of the molecule is COC(=O)c1ccc2nc(CN=C/C(=C\N)C(=O)NCc3ncn4ccc(Cl)cc34)cn2c1. The zero-order valence-corrected chi connectivity index (χ0v) is 18.4. The molecule has 0 spiro atoms. The summed E-state index contributed by atoms with van der Waals surface area (Å²) in [6, 6.07) is 6.88. The van der Waals surface area contributed by atoms with E-state index in [0.29, 0.717) is 27.6 Å². The van der Waals surface area contributed by atoms with Crippen LogP contribution in [0.5, 0.6) is 0 Å². The molecule has 168 valence electrons. The molecular formula is C22H20ClN7O3. The second-order valence-electron chi connectivity index (χ2n) is 7.01. The van der Waals surface area contributed by atoms with Crippen molar-refractivity contribution in [2.24, 2.45) is 10.7 Å². The number of carbonyl (C=O) groups is 2. The third-order valence-electron chi connectivity index (χ3n) is 4.84. The average molecular weight is 466 g/mol. The lowest BCUT2D eigenvalue weighted by atomic mass is 10.2. The number of hydrogen-bond donors (Lipinski definition) is 2. The van der Waals surface area contributed by atoms with Gasteiger partial charge >= 0.3 is 5.97 Å². The van der Waals surface area contributed by atoms with Crippen LogP contribution in [-0.2, 0) is 22.6 Å². The van der Waals surface area contributed by atoms with Gasteiger partial charge in [-0.15, -0.1) is 0 Å². The summed E-state index contributed by atoms with van der Waals surface area (Å²) in [5.74, 6) is -0.817. The summed E-state index contributed by atoms with van der Waals surface area (Å²) in [5.41, 5.74) is 9.03. The van der Waals surface area contributed by atoms with Crippen molar-refractivity contribution in [3.05, 3.63) is 82.9 Å². The highest BCUT2D eigenvalue weighted by molar-refractivity contribution is 6.30. The molecule has 33 heavy (non-hydrogen) atoms. The van der Waals surface area contributed by atoms with Crippen molar-refractivity contribution in [1.82, 2.24) is 24.1 Å². The molecule has 0 aliphatic rings. The number of halogens is 1. The molecule has 1 amide bonds. The first-order valence-electron chi connectivity index (χ1n) is 9.85. The van der Waals surface area contributed by atoms with Crippen molar-refractivity contribution in [3.63, 3.8) is 0 Å². The number of aliphatic imine (C=N–C) groups is 1. The van der Waals surface area contributed by atoms with Crippen molar-refractivity contribution in [2.75, 3.05) is 7.11 Å². The minimum Gasteiger partial charge on any atom is -0.465 e. The lowest BCUT2D eigenvalue weighted by molar-refractivity contribution is -0.117. The molecule has 0 aliphatic carbocycles. The largest absolute Gasteiger partial charge is 0.465 e. The van der Waals surface area contributed by atoms with Crippen LogP contribution in [0.2, 0.25) is 5.02 Å². The Kier molecular flexibility index (Phi) is 6.36. The molecule has 0 bridgehead atoms. The van der Waals surface area contributed by atoms with Crippen LogP contribution < -0.4 is 11.1 Å². The van der Waals surface area contributed by atoms with E-state index < -0.39 is 5.97 Å². The summed E-state index contributed by atoms with van der Waals surface area (Å²) >= 11 is 6.05. The zero-order chi connectivity index (χ0) is 23.4. The number of ether oxygens (including phenoxy) is 1. The number of amides is 1. The molecule has 0 saturated carbocycles. The molecule has 0 unspecified atom stereocenters. The van der Waals surface area contributed by atoms with Gasteiger partial charge in [-0.1, -0.05) is 11.6 Å². The Balaban J connectivity index is 1.38. The van der Waals surface area contributed by atoms with E-state index in [2.05, 4.69) is 20.3 Å². The number of pyridine rings is 2. The van der Waals surface area contributed by atoms with Crippen molar-refractivity contribution in [2.45, 2.75) is 13.1 Å². The highest BCUT2D eigenvalue weighted by Crippen LogP contribution is 2.15. The number of imidazole rings is 2. The molecule has 4 heterocycles.